The molecule has 0 unspecified atom stereocenters. The molecule has 0 atom stereocenters. The summed E-state index contributed by atoms with van der Waals surface area (Å²) < 4.78 is 5.23. The summed E-state index contributed by atoms with van der Waals surface area (Å²) in [4.78, 5) is 7.95. The summed E-state index contributed by atoms with van der Waals surface area (Å²) in [5, 5.41) is 4.65. The molecule has 1 saturated carbocycles. The van der Waals surface area contributed by atoms with E-state index >= 15 is 0 Å². The van der Waals surface area contributed by atoms with Crippen molar-refractivity contribution < 1.29 is 4.74 Å². The van der Waals surface area contributed by atoms with Crippen LogP contribution < -0.4 is 10.1 Å². The van der Waals surface area contributed by atoms with Gasteiger partial charge in [-0.2, -0.15) is 0 Å². The number of hydrogen-bond acceptors (Lipinski definition) is 4. The van der Waals surface area contributed by atoms with Crippen LogP contribution in [0, 0.1) is 0 Å². The number of imidazole rings is 1. The summed E-state index contributed by atoms with van der Waals surface area (Å²) in [6, 6.07) is 6.67. The molecule has 1 aromatic heterocycles. The van der Waals surface area contributed by atoms with Crippen molar-refractivity contribution in [2.24, 2.45) is 0 Å². The minimum absolute atomic E-state index is 0.735. The molecular formula is C16H23N3OS. The van der Waals surface area contributed by atoms with E-state index in [0.717, 1.165) is 40.3 Å². The Morgan fingerprint density at radius 2 is 2.19 bits per heavy atom. The summed E-state index contributed by atoms with van der Waals surface area (Å²) in [5.41, 5.74) is 2.04. The van der Waals surface area contributed by atoms with Gasteiger partial charge in [0, 0.05) is 24.4 Å². The van der Waals surface area contributed by atoms with Crippen molar-refractivity contribution in [1.82, 2.24) is 15.3 Å². The topological polar surface area (TPSA) is 49.9 Å². The zero-order valence-corrected chi connectivity index (χ0v) is 13.3. The number of nitrogens with one attached hydrogen (secondary N) is 2. The number of aromatic nitrogens is 2. The Hall–Kier alpha value is -1.20. The van der Waals surface area contributed by atoms with E-state index in [0.29, 0.717) is 0 Å². The molecule has 2 N–H and O–H groups in total. The average molecular weight is 305 g/mol. The first-order chi connectivity index (χ1) is 10.3. The van der Waals surface area contributed by atoms with Gasteiger partial charge in [-0.25, -0.2) is 4.98 Å². The minimum Gasteiger partial charge on any atom is -0.497 e. The van der Waals surface area contributed by atoms with Crippen LogP contribution in [0.25, 0.3) is 11.0 Å². The Morgan fingerprint density at radius 1 is 1.33 bits per heavy atom. The number of benzene rings is 1. The van der Waals surface area contributed by atoms with Crippen molar-refractivity contribution >= 4 is 22.8 Å². The van der Waals surface area contributed by atoms with Crippen molar-refractivity contribution in [1.29, 1.82) is 0 Å². The van der Waals surface area contributed by atoms with Gasteiger partial charge >= 0.3 is 0 Å². The highest BCUT2D eigenvalue weighted by molar-refractivity contribution is 7.99. The zero-order chi connectivity index (χ0) is 14.5. The van der Waals surface area contributed by atoms with Gasteiger partial charge in [0.15, 0.2) is 5.16 Å². The number of methoxy groups -OCH3 is 1. The number of thioether (sulfide) groups is 1. The summed E-state index contributed by atoms with van der Waals surface area (Å²) in [6.45, 7) is 1.05. The smallest absolute Gasteiger partial charge is 0.166 e. The molecule has 0 saturated heterocycles. The van der Waals surface area contributed by atoms with Crippen LogP contribution in [0.4, 0.5) is 0 Å². The van der Waals surface area contributed by atoms with Gasteiger partial charge in [-0.3, -0.25) is 0 Å². The summed E-state index contributed by atoms with van der Waals surface area (Å²) >= 11 is 1.78. The maximum absolute atomic E-state index is 5.23. The Bertz CT molecular complexity index is 578. The SMILES string of the molecule is COc1ccc2nc(SCCNC3CCCCC3)[nH]c2c1. The Labute approximate surface area is 130 Å². The monoisotopic (exact) mass is 305 g/mol. The van der Waals surface area contributed by atoms with Crippen molar-refractivity contribution in [2.45, 2.75) is 43.3 Å². The summed E-state index contributed by atoms with van der Waals surface area (Å²) in [6.07, 6.45) is 6.87. The maximum Gasteiger partial charge on any atom is 0.166 e. The average Bonchev–Trinajstić information content (AvgIpc) is 2.94. The number of nitrogens with zero attached hydrogens (tertiary/aromatic N) is 1. The number of ether oxygens (including phenoxy) is 1. The molecule has 21 heavy (non-hydrogen) atoms. The first kappa shape index (κ1) is 14.7. The first-order valence-corrected chi connectivity index (χ1v) is 8.73. The van der Waals surface area contributed by atoms with Crippen molar-refractivity contribution in [3.8, 4) is 5.75 Å². The molecular weight excluding hydrogens is 282 g/mol. The molecule has 0 radical (unpaired) electrons. The zero-order valence-electron chi connectivity index (χ0n) is 12.5. The van der Waals surface area contributed by atoms with Gasteiger partial charge in [0.05, 0.1) is 18.1 Å². The second kappa shape index (κ2) is 7.18. The van der Waals surface area contributed by atoms with Crippen LogP contribution in [0.2, 0.25) is 0 Å². The predicted molar refractivity (Wildman–Crippen MR) is 88.2 cm³/mol. The highest BCUT2D eigenvalue weighted by atomic mass is 32.2. The van der Waals surface area contributed by atoms with Crippen LogP contribution >= 0.6 is 11.8 Å². The number of rotatable bonds is 6. The lowest BCUT2D eigenvalue weighted by atomic mass is 9.96. The maximum atomic E-state index is 5.23. The Kier molecular flexibility index (Phi) is 5.04. The fourth-order valence-electron chi connectivity index (χ4n) is 2.88. The van der Waals surface area contributed by atoms with Gasteiger partial charge in [-0.1, -0.05) is 31.0 Å². The van der Waals surface area contributed by atoms with Crippen LogP contribution in [0.3, 0.4) is 0 Å². The third-order valence-corrected chi connectivity index (χ3v) is 4.92. The lowest BCUT2D eigenvalue weighted by molar-refractivity contribution is 0.381. The van der Waals surface area contributed by atoms with Crippen LogP contribution in [0.15, 0.2) is 23.4 Å². The number of hydrogen-bond donors (Lipinski definition) is 2. The van der Waals surface area contributed by atoms with Crippen LogP contribution in [0.5, 0.6) is 5.75 Å². The van der Waals surface area contributed by atoms with E-state index in [1.165, 1.54) is 32.1 Å². The molecule has 1 aromatic carbocycles. The molecule has 4 nitrogen and oxygen atoms in total. The van der Waals surface area contributed by atoms with Gasteiger partial charge in [0.1, 0.15) is 5.75 Å². The molecule has 0 aliphatic heterocycles. The molecule has 0 bridgehead atoms. The van der Waals surface area contributed by atoms with E-state index in [-0.39, 0.29) is 0 Å². The number of fused-ring (bicyclic) bond motifs is 1. The van der Waals surface area contributed by atoms with Crippen molar-refractivity contribution in [3.63, 3.8) is 0 Å². The molecule has 1 aliphatic rings. The molecule has 0 amide bonds. The first-order valence-electron chi connectivity index (χ1n) is 7.75. The lowest BCUT2D eigenvalue weighted by Gasteiger charge is -2.22. The highest BCUT2D eigenvalue weighted by Crippen LogP contribution is 2.23. The normalized spacial score (nSPS) is 16.4. The molecule has 2 aromatic rings. The Balaban J connectivity index is 1.48. The predicted octanol–water partition coefficient (Wildman–Crippen LogP) is 3.59. The quantitative estimate of drug-likeness (QED) is 0.632. The van der Waals surface area contributed by atoms with Crippen LogP contribution in [-0.2, 0) is 0 Å². The lowest BCUT2D eigenvalue weighted by Crippen LogP contribution is -2.32. The standard InChI is InChI=1S/C16H23N3OS/c1-20-13-7-8-14-15(11-13)19-16(18-14)21-10-9-17-12-5-3-2-4-6-12/h7-8,11-12,17H,2-6,9-10H2,1H3,(H,18,19). The summed E-state index contributed by atoms with van der Waals surface area (Å²) in [5.74, 6) is 1.91. The third-order valence-electron chi connectivity index (χ3n) is 4.05. The van der Waals surface area contributed by atoms with Crippen LogP contribution in [0.1, 0.15) is 32.1 Å². The van der Waals surface area contributed by atoms with E-state index in [4.69, 9.17) is 4.74 Å². The molecule has 114 valence electrons. The van der Waals surface area contributed by atoms with Gasteiger partial charge in [-0.05, 0) is 25.0 Å². The second-order valence-corrected chi connectivity index (χ2v) is 6.65. The largest absolute Gasteiger partial charge is 0.497 e. The van der Waals surface area contributed by atoms with E-state index in [2.05, 4.69) is 15.3 Å². The molecule has 1 heterocycles. The number of H-pyrrole nitrogens is 1. The number of aromatic amines is 1. The highest BCUT2D eigenvalue weighted by Gasteiger charge is 2.12. The van der Waals surface area contributed by atoms with Crippen molar-refractivity contribution in [2.75, 3.05) is 19.4 Å². The molecule has 3 rings (SSSR count). The minimum atomic E-state index is 0.735. The third kappa shape index (κ3) is 3.92. The fourth-order valence-corrected chi connectivity index (χ4v) is 3.64. The van der Waals surface area contributed by atoms with E-state index in [1.54, 1.807) is 18.9 Å². The van der Waals surface area contributed by atoms with Crippen LogP contribution in [-0.4, -0.2) is 35.4 Å². The molecule has 1 fully saturated rings. The molecule has 0 spiro atoms. The van der Waals surface area contributed by atoms with Gasteiger partial charge in [0.25, 0.3) is 0 Å². The van der Waals surface area contributed by atoms with E-state index < -0.39 is 0 Å². The van der Waals surface area contributed by atoms with E-state index in [9.17, 15) is 0 Å². The van der Waals surface area contributed by atoms with E-state index in [1.807, 2.05) is 18.2 Å². The summed E-state index contributed by atoms with van der Waals surface area (Å²) in [7, 11) is 1.68. The molecule has 5 heteroatoms. The molecule has 1 aliphatic carbocycles. The second-order valence-electron chi connectivity index (χ2n) is 5.56. The van der Waals surface area contributed by atoms with Gasteiger partial charge in [0.2, 0.25) is 0 Å². The van der Waals surface area contributed by atoms with Crippen molar-refractivity contribution in [3.05, 3.63) is 18.2 Å². The fraction of sp³-hybridized carbons (Fsp3) is 0.562. The van der Waals surface area contributed by atoms with Gasteiger partial charge < -0.3 is 15.0 Å². The Morgan fingerprint density at radius 3 is 3.00 bits per heavy atom. The van der Waals surface area contributed by atoms with Gasteiger partial charge in [-0.15, -0.1) is 0 Å².